The molecule has 0 aliphatic carbocycles. The highest BCUT2D eigenvalue weighted by Gasteiger charge is 2.15. The minimum Gasteiger partial charge on any atom is -0.497 e. The minimum absolute atomic E-state index is 0.264. The van der Waals surface area contributed by atoms with Crippen molar-refractivity contribution >= 4 is 5.71 Å². The molecule has 0 unspecified atom stereocenters. The molecule has 0 fully saturated rings. The van der Waals surface area contributed by atoms with Gasteiger partial charge in [-0.15, -0.1) is 0 Å². The van der Waals surface area contributed by atoms with E-state index < -0.39 is 0 Å². The number of ether oxygens (including phenoxy) is 2. The number of hydrogen-bond donors (Lipinski definition) is 0. The third-order valence-electron chi connectivity index (χ3n) is 5.68. The van der Waals surface area contributed by atoms with Crippen LogP contribution >= 0.6 is 0 Å². The van der Waals surface area contributed by atoms with E-state index in [1.165, 1.54) is 16.5 Å². The summed E-state index contributed by atoms with van der Waals surface area (Å²) in [6, 6.07) is 19.2. The van der Waals surface area contributed by atoms with Crippen LogP contribution in [0.5, 0.6) is 11.5 Å². The van der Waals surface area contributed by atoms with Crippen LogP contribution in [-0.2, 0) is 18.5 Å². The first-order chi connectivity index (χ1) is 16.9. The largest absolute Gasteiger partial charge is 0.497 e. The first-order valence-corrected chi connectivity index (χ1v) is 11.0. The van der Waals surface area contributed by atoms with Gasteiger partial charge in [0.25, 0.3) is 0 Å². The summed E-state index contributed by atoms with van der Waals surface area (Å²) in [6.07, 6.45) is 0. The molecule has 4 aromatic rings. The highest BCUT2D eigenvalue weighted by molar-refractivity contribution is 6.13. The molecule has 35 heavy (non-hydrogen) atoms. The van der Waals surface area contributed by atoms with Gasteiger partial charge >= 0.3 is 5.69 Å². The van der Waals surface area contributed by atoms with E-state index in [9.17, 15) is 4.79 Å². The lowest BCUT2D eigenvalue weighted by molar-refractivity contribution is 0.214. The first kappa shape index (κ1) is 23.7. The topological polar surface area (TPSA) is 92.8 Å². The molecular weight excluding hydrogens is 446 g/mol. The Morgan fingerprint density at radius 1 is 0.943 bits per heavy atom. The maximum Gasteiger partial charge on any atom is 0.368 e. The Balaban J connectivity index is 1.62. The Labute approximate surface area is 203 Å². The number of rotatable bonds is 8. The van der Waals surface area contributed by atoms with Crippen LogP contribution in [0.4, 0.5) is 0 Å². The van der Waals surface area contributed by atoms with E-state index in [1.54, 1.807) is 14.2 Å². The van der Waals surface area contributed by atoms with Crippen LogP contribution < -0.4 is 15.2 Å². The van der Waals surface area contributed by atoms with E-state index >= 15 is 0 Å². The molecule has 0 N–H and O–H groups in total. The van der Waals surface area contributed by atoms with Crippen LogP contribution in [0.1, 0.15) is 27.8 Å². The molecule has 0 saturated carbocycles. The fourth-order valence-corrected chi connectivity index (χ4v) is 3.78. The zero-order valence-electron chi connectivity index (χ0n) is 20.3. The van der Waals surface area contributed by atoms with Gasteiger partial charge in [0.15, 0.2) is 0 Å². The smallest absolute Gasteiger partial charge is 0.368 e. The standard InChI is InChI=1S/C26H27N5O4/c1-17-8-6-11-23(31-26(32)30(3)28-29-31)22(17)16-35-24-13-12-20(14-18(24)2)25(27-34-5)19-9-7-10-21(15-19)33-4/h6-15H,16H2,1-5H3/b27-25-. The van der Waals surface area contributed by atoms with Gasteiger partial charge in [0.05, 0.1) is 12.8 Å². The summed E-state index contributed by atoms with van der Waals surface area (Å²) in [5.41, 5.74) is 5.54. The molecular formula is C26H27N5O4. The average molecular weight is 474 g/mol. The Kier molecular flexibility index (Phi) is 6.96. The molecule has 0 radical (unpaired) electrons. The van der Waals surface area contributed by atoms with Crippen LogP contribution in [-0.4, -0.2) is 39.7 Å². The van der Waals surface area contributed by atoms with Crippen molar-refractivity contribution in [1.29, 1.82) is 0 Å². The monoisotopic (exact) mass is 473 g/mol. The van der Waals surface area contributed by atoms with E-state index in [-0.39, 0.29) is 12.3 Å². The molecule has 0 spiro atoms. The molecule has 3 aromatic carbocycles. The highest BCUT2D eigenvalue weighted by Crippen LogP contribution is 2.25. The molecule has 4 rings (SSSR count). The first-order valence-electron chi connectivity index (χ1n) is 11.0. The van der Waals surface area contributed by atoms with Gasteiger partial charge < -0.3 is 14.3 Å². The van der Waals surface area contributed by atoms with Gasteiger partial charge in [-0.25, -0.2) is 4.79 Å². The second kappa shape index (κ2) is 10.3. The molecule has 1 aromatic heterocycles. The number of tetrazole rings is 1. The van der Waals surface area contributed by atoms with Gasteiger partial charge in [-0.1, -0.05) is 29.4 Å². The number of aromatic nitrogens is 4. The van der Waals surface area contributed by atoms with Crippen LogP contribution in [0.15, 0.2) is 70.6 Å². The van der Waals surface area contributed by atoms with Gasteiger partial charge in [-0.2, -0.15) is 9.36 Å². The SMILES string of the molecule is CO/N=C(/c1cccc(OC)c1)c1ccc(OCc2c(C)cccc2-n2nnn(C)c2=O)c(C)c1. The van der Waals surface area contributed by atoms with Crippen molar-refractivity contribution in [3.05, 3.63) is 99.0 Å². The summed E-state index contributed by atoms with van der Waals surface area (Å²) in [4.78, 5) is 17.5. The Bertz CT molecular complexity index is 1440. The number of aryl methyl sites for hydroxylation is 3. The second-order valence-electron chi connectivity index (χ2n) is 7.99. The van der Waals surface area contributed by atoms with Gasteiger partial charge in [0.1, 0.15) is 30.9 Å². The fourth-order valence-electron chi connectivity index (χ4n) is 3.78. The third kappa shape index (κ3) is 4.93. The van der Waals surface area contributed by atoms with Crippen LogP contribution in [0, 0.1) is 13.8 Å². The van der Waals surface area contributed by atoms with Crippen molar-refractivity contribution in [3.63, 3.8) is 0 Å². The summed E-state index contributed by atoms with van der Waals surface area (Å²) in [6.45, 7) is 4.21. The number of oxime groups is 1. The number of nitrogens with zero attached hydrogens (tertiary/aromatic N) is 5. The Morgan fingerprint density at radius 2 is 1.71 bits per heavy atom. The molecule has 180 valence electrons. The normalized spacial score (nSPS) is 11.4. The quantitative estimate of drug-likeness (QED) is 0.287. The van der Waals surface area contributed by atoms with Gasteiger partial charge in [0, 0.05) is 23.7 Å². The van der Waals surface area contributed by atoms with Crippen molar-refractivity contribution in [2.45, 2.75) is 20.5 Å². The molecule has 1 heterocycles. The molecule has 0 atom stereocenters. The van der Waals surface area contributed by atoms with Crippen LogP contribution in [0.25, 0.3) is 5.69 Å². The van der Waals surface area contributed by atoms with E-state index in [4.69, 9.17) is 14.3 Å². The fraction of sp³-hybridized carbons (Fsp3) is 0.231. The summed E-state index contributed by atoms with van der Waals surface area (Å²) in [5, 5.41) is 12.0. The molecule has 0 aliphatic rings. The van der Waals surface area contributed by atoms with Crippen molar-refractivity contribution in [3.8, 4) is 17.2 Å². The van der Waals surface area contributed by atoms with Gasteiger partial charge in [-0.3, -0.25) is 0 Å². The Morgan fingerprint density at radius 3 is 2.40 bits per heavy atom. The predicted octanol–water partition coefficient (Wildman–Crippen LogP) is 3.57. The summed E-state index contributed by atoms with van der Waals surface area (Å²) in [5.74, 6) is 1.45. The van der Waals surface area contributed by atoms with E-state index in [1.807, 2.05) is 74.5 Å². The average Bonchev–Trinajstić information content (AvgIpc) is 3.20. The maximum atomic E-state index is 12.4. The summed E-state index contributed by atoms with van der Waals surface area (Å²) < 4.78 is 14.0. The molecule has 0 saturated heterocycles. The van der Waals surface area contributed by atoms with Crippen LogP contribution in [0.3, 0.4) is 0 Å². The Hall–Kier alpha value is -4.40. The third-order valence-corrected chi connectivity index (χ3v) is 5.68. The van der Waals surface area contributed by atoms with Gasteiger partial charge in [-0.05, 0) is 71.8 Å². The summed E-state index contributed by atoms with van der Waals surface area (Å²) in [7, 11) is 4.71. The number of hydrogen-bond acceptors (Lipinski definition) is 7. The molecule has 0 amide bonds. The van der Waals surface area contributed by atoms with E-state index in [0.717, 1.165) is 39.3 Å². The van der Waals surface area contributed by atoms with Crippen molar-refractivity contribution < 1.29 is 14.3 Å². The lowest BCUT2D eigenvalue weighted by Crippen LogP contribution is -2.23. The van der Waals surface area contributed by atoms with Crippen molar-refractivity contribution in [1.82, 2.24) is 19.8 Å². The van der Waals surface area contributed by atoms with E-state index in [2.05, 4.69) is 15.6 Å². The molecule has 9 nitrogen and oxygen atoms in total. The second-order valence-corrected chi connectivity index (χ2v) is 7.99. The summed E-state index contributed by atoms with van der Waals surface area (Å²) >= 11 is 0. The lowest BCUT2D eigenvalue weighted by atomic mass is 10.00. The highest BCUT2D eigenvalue weighted by atomic mass is 16.6. The van der Waals surface area contributed by atoms with Gasteiger partial charge in [0.2, 0.25) is 0 Å². The van der Waals surface area contributed by atoms with E-state index in [0.29, 0.717) is 11.4 Å². The predicted molar refractivity (Wildman–Crippen MR) is 132 cm³/mol. The zero-order valence-corrected chi connectivity index (χ0v) is 20.3. The lowest BCUT2D eigenvalue weighted by Gasteiger charge is -2.15. The van der Waals surface area contributed by atoms with Crippen LogP contribution in [0.2, 0.25) is 0 Å². The number of methoxy groups -OCH3 is 1. The molecule has 0 aliphatic heterocycles. The molecule has 9 heteroatoms. The molecule has 0 bridgehead atoms. The van der Waals surface area contributed by atoms with Crippen molar-refractivity contribution in [2.24, 2.45) is 12.2 Å². The van der Waals surface area contributed by atoms with Crippen molar-refractivity contribution in [2.75, 3.05) is 14.2 Å². The minimum atomic E-state index is -0.320. The zero-order chi connectivity index (χ0) is 24.9. The number of benzene rings is 3. The maximum absolute atomic E-state index is 12.4.